The van der Waals surface area contributed by atoms with E-state index >= 15 is 0 Å². The molecule has 2 aromatic carbocycles. The Balaban J connectivity index is 0.000000177. The summed E-state index contributed by atoms with van der Waals surface area (Å²) >= 11 is 1.88. The summed E-state index contributed by atoms with van der Waals surface area (Å²) in [6.07, 6.45) is 0. The molecule has 0 bridgehead atoms. The number of rotatable bonds is 2. The molecular formula is C18H22NO3S2+. The van der Waals surface area contributed by atoms with Gasteiger partial charge < -0.3 is 0 Å². The first-order valence-corrected chi connectivity index (χ1v) is 9.91. The second-order valence-corrected chi connectivity index (χ2v) is 8.28. The van der Waals surface area contributed by atoms with Crippen LogP contribution < -0.4 is 4.57 Å². The highest BCUT2D eigenvalue weighted by atomic mass is 32.2. The van der Waals surface area contributed by atoms with Gasteiger partial charge in [-0.15, -0.1) is 0 Å². The van der Waals surface area contributed by atoms with Crippen LogP contribution in [0.3, 0.4) is 0 Å². The predicted octanol–water partition coefficient (Wildman–Crippen LogP) is 4.07. The van der Waals surface area contributed by atoms with Crippen molar-refractivity contribution in [3.63, 3.8) is 0 Å². The maximum Gasteiger partial charge on any atom is 0.294 e. The van der Waals surface area contributed by atoms with Gasteiger partial charge in [0.15, 0.2) is 0 Å². The van der Waals surface area contributed by atoms with Gasteiger partial charge in [-0.25, -0.2) is 0 Å². The molecule has 0 atom stereocenters. The first-order valence-electron chi connectivity index (χ1n) is 7.66. The number of hydrogen-bond acceptors (Lipinski definition) is 3. The van der Waals surface area contributed by atoms with Crippen LogP contribution in [0.25, 0.3) is 10.2 Å². The third kappa shape index (κ3) is 4.41. The van der Waals surface area contributed by atoms with Crippen LogP contribution in [-0.4, -0.2) is 13.0 Å². The van der Waals surface area contributed by atoms with Gasteiger partial charge in [-0.2, -0.15) is 13.0 Å². The average molecular weight is 365 g/mol. The Morgan fingerprint density at radius 1 is 1.00 bits per heavy atom. The molecule has 0 fully saturated rings. The highest BCUT2D eigenvalue weighted by molar-refractivity contribution is 7.85. The van der Waals surface area contributed by atoms with Crippen molar-refractivity contribution in [2.24, 2.45) is 0 Å². The zero-order valence-electron chi connectivity index (χ0n) is 14.3. The van der Waals surface area contributed by atoms with Crippen molar-refractivity contribution in [2.45, 2.75) is 39.1 Å². The lowest BCUT2D eigenvalue weighted by molar-refractivity contribution is -0.669. The van der Waals surface area contributed by atoms with Crippen LogP contribution in [0.2, 0.25) is 0 Å². The predicted molar refractivity (Wildman–Crippen MR) is 98.2 cm³/mol. The highest BCUT2D eigenvalue weighted by Gasteiger charge is 2.14. The Morgan fingerprint density at radius 2 is 1.58 bits per heavy atom. The molecular weight excluding hydrogens is 342 g/mol. The number of benzene rings is 2. The highest BCUT2D eigenvalue weighted by Crippen LogP contribution is 2.20. The Bertz CT molecular complexity index is 942. The monoisotopic (exact) mass is 364 g/mol. The Labute approximate surface area is 147 Å². The van der Waals surface area contributed by atoms with Crippen LogP contribution >= 0.6 is 11.3 Å². The average Bonchev–Trinajstić information content (AvgIpc) is 2.81. The van der Waals surface area contributed by atoms with Gasteiger partial charge in [-0.3, -0.25) is 4.55 Å². The molecule has 0 aliphatic heterocycles. The van der Waals surface area contributed by atoms with E-state index in [4.69, 9.17) is 4.55 Å². The van der Waals surface area contributed by atoms with Crippen LogP contribution in [0.4, 0.5) is 0 Å². The lowest BCUT2D eigenvalue weighted by Gasteiger charge is -1.95. The van der Waals surface area contributed by atoms with Crippen molar-refractivity contribution in [1.29, 1.82) is 0 Å². The maximum absolute atomic E-state index is 10.5. The third-order valence-corrected chi connectivity index (χ3v) is 5.61. The molecule has 4 nitrogen and oxygen atoms in total. The summed E-state index contributed by atoms with van der Waals surface area (Å²) in [6, 6.07) is 12.7. The number of fused-ring (bicyclic) bond motifs is 1. The fourth-order valence-electron chi connectivity index (χ4n) is 2.41. The molecule has 0 unspecified atom stereocenters. The molecule has 1 heterocycles. The van der Waals surface area contributed by atoms with Gasteiger partial charge in [0.1, 0.15) is 11.2 Å². The fourth-order valence-corrected chi connectivity index (χ4v) is 4.08. The van der Waals surface area contributed by atoms with Crippen LogP contribution in [0.5, 0.6) is 0 Å². The molecule has 24 heavy (non-hydrogen) atoms. The van der Waals surface area contributed by atoms with Crippen molar-refractivity contribution in [2.75, 3.05) is 0 Å². The topological polar surface area (TPSA) is 58.2 Å². The van der Waals surface area contributed by atoms with Crippen molar-refractivity contribution >= 4 is 31.7 Å². The van der Waals surface area contributed by atoms with E-state index in [1.807, 2.05) is 18.3 Å². The van der Waals surface area contributed by atoms with Crippen LogP contribution in [0.15, 0.2) is 47.4 Å². The summed E-state index contributed by atoms with van der Waals surface area (Å²) in [5, 5.41) is 1.39. The van der Waals surface area contributed by atoms with E-state index < -0.39 is 10.1 Å². The van der Waals surface area contributed by atoms with Crippen molar-refractivity contribution < 1.29 is 17.5 Å². The molecule has 6 heteroatoms. The second kappa shape index (κ2) is 7.42. The van der Waals surface area contributed by atoms with E-state index in [0.717, 1.165) is 12.1 Å². The molecule has 0 saturated carbocycles. The summed E-state index contributed by atoms with van der Waals surface area (Å²) in [5.74, 6) is 0. The molecule has 1 N–H and O–H groups in total. The molecule has 3 rings (SSSR count). The third-order valence-electron chi connectivity index (χ3n) is 3.68. The molecule has 0 aliphatic carbocycles. The zero-order valence-corrected chi connectivity index (χ0v) is 15.9. The quantitative estimate of drug-likeness (QED) is 0.551. The first-order chi connectivity index (χ1) is 11.2. The van der Waals surface area contributed by atoms with Gasteiger partial charge in [-0.1, -0.05) is 35.1 Å². The van der Waals surface area contributed by atoms with Gasteiger partial charge in [0, 0.05) is 13.0 Å². The van der Waals surface area contributed by atoms with Gasteiger partial charge in [0.2, 0.25) is 10.5 Å². The minimum absolute atomic E-state index is 0.0666. The lowest BCUT2D eigenvalue weighted by atomic mass is 10.2. The maximum atomic E-state index is 10.5. The van der Waals surface area contributed by atoms with E-state index in [2.05, 4.69) is 43.5 Å². The van der Waals surface area contributed by atoms with Gasteiger partial charge in [-0.05, 0) is 44.5 Å². The largest absolute Gasteiger partial charge is 0.294 e. The standard InChI is InChI=1S/C11H14NS.C7H8O3S/c1-4-12-9(3)13-11-7-8(2)5-6-10(11)12;1-6-2-4-7(5-3-6)11(8,9)10/h5-7H,4H2,1-3H3;2-5H,1H3,(H,8,9,10)/q+1;. The van der Waals surface area contributed by atoms with E-state index in [9.17, 15) is 8.42 Å². The SMILES string of the molecule is CC[n+]1c(C)sc2cc(C)ccc21.Cc1ccc(S(=O)(=O)O)cc1. The number of thiazole rings is 1. The summed E-state index contributed by atoms with van der Waals surface area (Å²) in [7, 11) is -4.02. The normalized spacial score (nSPS) is 11.2. The van der Waals surface area contributed by atoms with E-state index in [-0.39, 0.29) is 4.90 Å². The number of hydrogen-bond donors (Lipinski definition) is 1. The molecule has 0 aliphatic rings. The molecule has 0 spiro atoms. The summed E-state index contributed by atoms with van der Waals surface area (Å²) < 4.78 is 33.3. The van der Waals surface area contributed by atoms with Crippen LogP contribution in [0, 0.1) is 20.8 Å². The minimum Gasteiger partial charge on any atom is -0.282 e. The Kier molecular flexibility index (Phi) is 5.74. The lowest BCUT2D eigenvalue weighted by Crippen LogP contribution is -2.33. The molecule has 128 valence electrons. The minimum atomic E-state index is -4.02. The summed E-state index contributed by atoms with van der Waals surface area (Å²) in [5.41, 5.74) is 3.67. The Hall–Kier alpha value is -1.76. The van der Waals surface area contributed by atoms with Crippen LogP contribution in [-0.2, 0) is 16.7 Å². The molecule has 1 aromatic heterocycles. The van der Waals surface area contributed by atoms with Gasteiger partial charge in [0.05, 0.1) is 4.90 Å². The molecule has 0 amide bonds. The Morgan fingerprint density at radius 3 is 2.12 bits per heavy atom. The molecule has 0 radical (unpaired) electrons. The van der Waals surface area contributed by atoms with Gasteiger partial charge in [0.25, 0.3) is 10.1 Å². The van der Waals surface area contributed by atoms with Crippen LogP contribution in [0.1, 0.15) is 23.1 Å². The zero-order chi connectivity index (χ0) is 17.9. The van der Waals surface area contributed by atoms with E-state index in [1.165, 1.54) is 32.9 Å². The summed E-state index contributed by atoms with van der Waals surface area (Å²) in [4.78, 5) is -0.0666. The molecule has 3 aromatic rings. The van der Waals surface area contributed by atoms with E-state index in [0.29, 0.717) is 0 Å². The van der Waals surface area contributed by atoms with Crippen molar-refractivity contribution in [3.8, 4) is 0 Å². The van der Waals surface area contributed by atoms with Crippen molar-refractivity contribution in [1.82, 2.24) is 0 Å². The smallest absolute Gasteiger partial charge is 0.282 e. The fraction of sp³-hybridized carbons (Fsp3) is 0.278. The first kappa shape index (κ1) is 18.6. The summed E-state index contributed by atoms with van der Waals surface area (Å²) in [6.45, 7) is 9.43. The van der Waals surface area contributed by atoms with Gasteiger partial charge >= 0.3 is 0 Å². The number of aryl methyl sites for hydroxylation is 4. The van der Waals surface area contributed by atoms with Crippen molar-refractivity contribution in [3.05, 3.63) is 58.6 Å². The van der Waals surface area contributed by atoms with E-state index in [1.54, 1.807) is 12.1 Å². The second-order valence-electron chi connectivity index (χ2n) is 5.62. The molecule has 0 saturated heterocycles. The number of nitrogens with zero attached hydrogens (tertiary/aromatic N) is 1. The number of aromatic nitrogens is 1.